The van der Waals surface area contributed by atoms with Crippen LogP contribution in [0.25, 0.3) is 0 Å². The van der Waals surface area contributed by atoms with Crippen LogP contribution >= 0.6 is 24.0 Å². The number of thiocarbonyl (C=S) groups is 1. The first-order valence-electron chi connectivity index (χ1n) is 11.6. The Morgan fingerprint density at radius 1 is 1.19 bits per heavy atom. The number of hydrogen-bond donors (Lipinski definition) is 2. The molecule has 194 valence electrons. The second kappa shape index (κ2) is 11.3. The Kier molecular flexibility index (Phi) is 8.81. The average molecular weight is 551 g/mol. The molecule has 2 heterocycles. The molecule has 2 aliphatic rings. The lowest BCUT2D eigenvalue weighted by Gasteiger charge is -2.27. The van der Waals surface area contributed by atoms with Gasteiger partial charge >= 0.3 is 5.97 Å². The number of thioether (sulfide) groups is 1. The van der Waals surface area contributed by atoms with E-state index in [2.05, 4.69) is 24.8 Å². The maximum atomic E-state index is 12.7. The van der Waals surface area contributed by atoms with E-state index in [9.17, 15) is 18.0 Å². The molecule has 0 saturated carbocycles. The molecular weight excluding hydrogens is 520 g/mol. The highest BCUT2D eigenvalue weighted by molar-refractivity contribution is 8.26. The van der Waals surface area contributed by atoms with Gasteiger partial charge in [0.05, 0.1) is 10.7 Å². The number of nitrogens with zero attached hydrogens (tertiary/aromatic N) is 2. The summed E-state index contributed by atoms with van der Waals surface area (Å²) in [6.45, 7) is 6.36. The van der Waals surface area contributed by atoms with Crippen LogP contribution < -0.4 is 4.90 Å². The van der Waals surface area contributed by atoms with Gasteiger partial charge in [-0.25, -0.2) is 0 Å². The lowest BCUT2D eigenvalue weighted by atomic mass is 9.83. The number of aliphatic carboxylic acids is 1. The van der Waals surface area contributed by atoms with E-state index >= 15 is 0 Å². The van der Waals surface area contributed by atoms with Crippen molar-refractivity contribution in [2.24, 2.45) is 0 Å². The van der Waals surface area contributed by atoms with E-state index in [4.69, 9.17) is 21.9 Å². The van der Waals surface area contributed by atoms with Crippen molar-refractivity contribution in [3.8, 4) is 0 Å². The third kappa shape index (κ3) is 6.44. The average Bonchev–Trinajstić information content (AvgIpc) is 3.17. The van der Waals surface area contributed by atoms with Gasteiger partial charge in [-0.05, 0) is 48.6 Å². The smallest absolute Gasteiger partial charge is 0.323 e. The number of rotatable bonds is 10. The third-order valence-corrected chi connectivity index (χ3v) is 8.36. The van der Waals surface area contributed by atoms with Gasteiger partial charge in [-0.3, -0.25) is 19.0 Å². The van der Waals surface area contributed by atoms with Crippen molar-refractivity contribution in [1.82, 2.24) is 4.90 Å². The molecule has 0 bridgehead atoms. The predicted molar refractivity (Wildman–Crippen MR) is 147 cm³/mol. The number of allylic oxidation sites excluding steroid dienone is 5. The number of amides is 1. The van der Waals surface area contributed by atoms with Crippen LogP contribution in [0.1, 0.15) is 45.6 Å². The van der Waals surface area contributed by atoms with E-state index in [1.165, 1.54) is 0 Å². The standard InChI is InChI=1S/C25H30N2O6S3/c1-4-17(15-20-23(30)27(16-22(28)29)24(34)35-20)11-12-21-25(2,3)18-9-5-6-10-19(18)26(21)13-7-8-14-36(31,32)33/h5-6,9-12,15H,4,7-8,13-14,16H2,1-3H3,(H,28,29)(H,31,32,33)/b17-11+,20-15+,21-12-. The number of unbranched alkanes of at least 4 members (excludes halogenated alkanes) is 1. The summed E-state index contributed by atoms with van der Waals surface area (Å²) in [6, 6.07) is 8.08. The van der Waals surface area contributed by atoms with Crippen LogP contribution in [0, 0.1) is 0 Å². The van der Waals surface area contributed by atoms with Crippen LogP contribution in [0.4, 0.5) is 5.69 Å². The predicted octanol–water partition coefficient (Wildman–Crippen LogP) is 4.50. The quantitative estimate of drug-likeness (QED) is 0.188. The van der Waals surface area contributed by atoms with Gasteiger partial charge in [-0.2, -0.15) is 8.42 Å². The highest BCUT2D eigenvalue weighted by Gasteiger charge is 2.39. The first kappa shape index (κ1) is 28.1. The first-order valence-corrected chi connectivity index (χ1v) is 14.4. The fourth-order valence-electron chi connectivity index (χ4n) is 4.33. The Morgan fingerprint density at radius 3 is 2.53 bits per heavy atom. The third-order valence-electron chi connectivity index (χ3n) is 6.18. The van der Waals surface area contributed by atoms with Gasteiger partial charge in [0.25, 0.3) is 16.0 Å². The maximum Gasteiger partial charge on any atom is 0.323 e. The minimum absolute atomic E-state index is 0.228. The summed E-state index contributed by atoms with van der Waals surface area (Å²) in [4.78, 5) is 27.4. The molecule has 0 radical (unpaired) electrons. The van der Waals surface area contributed by atoms with Crippen LogP contribution in [-0.2, 0) is 25.1 Å². The van der Waals surface area contributed by atoms with Crippen LogP contribution in [0.3, 0.4) is 0 Å². The molecule has 1 fully saturated rings. The molecule has 0 unspecified atom stereocenters. The molecule has 0 atom stereocenters. The van der Waals surface area contributed by atoms with Gasteiger partial charge in [0, 0.05) is 23.3 Å². The van der Waals surface area contributed by atoms with Crippen molar-refractivity contribution in [3.05, 3.63) is 64.2 Å². The Bertz CT molecular complexity index is 1260. The fourth-order valence-corrected chi connectivity index (χ4v) is 6.17. The van der Waals surface area contributed by atoms with Crippen molar-refractivity contribution >= 4 is 56.0 Å². The SMILES string of the molecule is CCC(=C\C=C1/N(CCCCS(=O)(=O)O)c2ccccc2C1(C)C)/C=C1/SC(=S)N(CC(=O)O)C1=O. The van der Waals surface area contributed by atoms with Crippen molar-refractivity contribution in [2.45, 2.75) is 45.4 Å². The first-order chi connectivity index (χ1) is 16.8. The van der Waals surface area contributed by atoms with Crippen LogP contribution in [0.15, 0.2) is 58.7 Å². The molecule has 1 amide bonds. The summed E-state index contributed by atoms with van der Waals surface area (Å²) in [5.74, 6) is -1.80. The van der Waals surface area contributed by atoms with Crippen molar-refractivity contribution < 1.29 is 27.7 Å². The summed E-state index contributed by atoms with van der Waals surface area (Å²) in [5.41, 5.74) is 3.83. The Balaban J connectivity index is 1.90. The maximum absolute atomic E-state index is 12.7. The van der Waals surface area contributed by atoms with Crippen molar-refractivity contribution in [2.75, 3.05) is 23.7 Å². The lowest BCUT2D eigenvalue weighted by Crippen LogP contribution is -2.33. The van der Waals surface area contributed by atoms with E-state index in [-0.39, 0.29) is 15.5 Å². The monoisotopic (exact) mass is 550 g/mol. The highest BCUT2D eigenvalue weighted by Crippen LogP contribution is 2.47. The van der Waals surface area contributed by atoms with Crippen LogP contribution in [-0.4, -0.2) is 58.0 Å². The molecule has 36 heavy (non-hydrogen) atoms. The number of carbonyl (C=O) groups excluding carboxylic acids is 1. The number of hydrogen-bond acceptors (Lipinski definition) is 7. The van der Waals surface area contributed by atoms with E-state index in [0.717, 1.165) is 39.2 Å². The minimum Gasteiger partial charge on any atom is -0.480 e. The molecule has 11 heteroatoms. The summed E-state index contributed by atoms with van der Waals surface area (Å²) in [6.07, 6.45) is 7.31. The van der Waals surface area contributed by atoms with E-state index in [0.29, 0.717) is 30.7 Å². The molecule has 0 aromatic heterocycles. The second-order valence-electron chi connectivity index (χ2n) is 9.10. The zero-order valence-corrected chi connectivity index (χ0v) is 22.9. The summed E-state index contributed by atoms with van der Waals surface area (Å²) in [7, 11) is -4.00. The normalized spacial score (nSPS) is 20.1. The molecule has 3 rings (SSSR count). The van der Waals surface area contributed by atoms with Gasteiger partial charge in [-0.1, -0.05) is 69.0 Å². The highest BCUT2D eigenvalue weighted by atomic mass is 32.2. The molecular formula is C25H30N2O6S3. The van der Waals surface area contributed by atoms with Gasteiger partial charge < -0.3 is 10.0 Å². The topological polar surface area (TPSA) is 115 Å². The van der Waals surface area contributed by atoms with E-state index in [1.54, 1.807) is 6.08 Å². The number of carboxylic acid groups (broad SMARTS) is 1. The number of carboxylic acids is 1. The largest absolute Gasteiger partial charge is 0.480 e. The van der Waals surface area contributed by atoms with Crippen molar-refractivity contribution in [1.29, 1.82) is 0 Å². The molecule has 0 aliphatic carbocycles. The second-order valence-corrected chi connectivity index (χ2v) is 12.3. The van der Waals surface area contributed by atoms with Gasteiger partial charge in [0.1, 0.15) is 10.9 Å². The molecule has 1 aromatic carbocycles. The zero-order valence-electron chi connectivity index (χ0n) is 20.4. The van der Waals surface area contributed by atoms with Gasteiger partial charge in [0.15, 0.2) is 0 Å². The zero-order chi connectivity index (χ0) is 26.7. The van der Waals surface area contributed by atoms with Gasteiger partial charge in [-0.15, -0.1) is 0 Å². The minimum atomic E-state index is -4.00. The fraction of sp³-hybridized carbons (Fsp3) is 0.400. The number of fused-ring (bicyclic) bond motifs is 1. The Labute approximate surface area is 221 Å². The number of carbonyl (C=O) groups is 2. The molecule has 2 N–H and O–H groups in total. The Hall–Kier alpha value is -2.47. The number of benzene rings is 1. The molecule has 1 saturated heterocycles. The number of para-hydroxylation sites is 1. The van der Waals surface area contributed by atoms with Gasteiger partial charge in [0.2, 0.25) is 0 Å². The molecule has 8 nitrogen and oxygen atoms in total. The van der Waals surface area contributed by atoms with E-state index in [1.807, 2.05) is 37.3 Å². The molecule has 2 aliphatic heterocycles. The number of anilines is 1. The molecule has 1 aromatic rings. The van der Waals surface area contributed by atoms with E-state index < -0.39 is 28.5 Å². The summed E-state index contributed by atoms with van der Waals surface area (Å²) < 4.78 is 31.5. The summed E-state index contributed by atoms with van der Waals surface area (Å²) >= 11 is 6.28. The molecule has 0 spiro atoms. The lowest BCUT2D eigenvalue weighted by molar-refractivity contribution is -0.140. The van der Waals surface area contributed by atoms with Crippen molar-refractivity contribution in [3.63, 3.8) is 0 Å². The van der Waals surface area contributed by atoms with Crippen LogP contribution in [0.2, 0.25) is 0 Å². The van der Waals surface area contributed by atoms with Crippen LogP contribution in [0.5, 0.6) is 0 Å². The summed E-state index contributed by atoms with van der Waals surface area (Å²) in [5, 5.41) is 9.05. The Morgan fingerprint density at radius 2 is 1.89 bits per heavy atom.